The highest BCUT2D eigenvalue weighted by Gasteiger charge is 2.08. The molecule has 0 unspecified atom stereocenters. The van der Waals surface area contributed by atoms with E-state index in [0.29, 0.717) is 6.42 Å². The Morgan fingerprint density at radius 2 is 2.31 bits per heavy atom. The molecule has 13 heavy (non-hydrogen) atoms. The number of rotatable bonds is 3. The molecule has 1 rings (SSSR count). The second-order valence-electron chi connectivity index (χ2n) is 2.44. The Morgan fingerprint density at radius 1 is 1.62 bits per heavy atom. The molecule has 0 aliphatic carbocycles. The van der Waals surface area contributed by atoms with E-state index in [1.165, 1.54) is 12.1 Å². The zero-order valence-corrected chi connectivity index (χ0v) is 7.06. The summed E-state index contributed by atoms with van der Waals surface area (Å²) in [6.45, 7) is 1.71. The van der Waals surface area contributed by atoms with Gasteiger partial charge in [-0.3, -0.25) is 14.9 Å². The first-order chi connectivity index (χ1) is 6.15. The van der Waals surface area contributed by atoms with Crippen LogP contribution in [0.1, 0.15) is 23.8 Å². The quantitative estimate of drug-likeness (QED) is 0.402. The van der Waals surface area contributed by atoms with Gasteiger partial charge in [0.15, 0.2) is 5.78 Å². The zero-order valence-electron chi connectivity index (χ0n) is 7.06. The Balaban J connectivity index is 2.93. The van der Waals surface area contributed by atoms with E-state index in [1.54, 1.807) is 6.92 Å². The van der Waals surface area contributed by atoms with Crippen LogP contribution in [-0.4, -0.2) is 15.7 Å². The topological polar surface area (TPSA) is 73.1 Å². The molecule has 0 aliphatic heterocycles. The lowest BCUT2D eigenvalue weighted by molar-refractivity contribution is -0.385. The fraction of sp³-hybridized carbons (Fsp3) is 0.250. The number of aromatic nitrogens is 1. The van der Waals surface area contributed by atoms with E-state index in [2.05, 4.69) is 4.98 Å². The van der Waals surface area contributed by atoms with Gasteiger partial charge < -0.3 is 0 Å². The molecule has 0 aliphatic rings. The van der Waals surface area contributed by atoms with Gasteiger partial charge in [-0.1, -0.05) is 6.92 Å². The van der Waals surface area contributed by atoms with Crippen LogP contribution in [0.5, 0.6) is 0 Å². The third-order valence-corrected chi connectivity index (χ3v) is 1.57. The Bertz CT molecular complexity index is 332. The number of carbonyl (C=O) groups is 1. The molecule has 68 valence electrons. The van der Waals surface area contributed by atoms with Crippen LogP contribution in [0.2, 0.25) is 0 Å². The van der Waals surface area contributed by atoms with Crippen LogP contribution >= 0.6 is 0 Å². The molecule has 0 saturated carbocycles. The smallest absolute Gasteiger partial charge is 0.287 e. The van der Waals surface area contributed by atoms with Gasteiger partial charge in [0.2, 0.25) is 0 Å². The summed E-state index contributed by atoms with van der Waals surface area (Å²) in [7, 11) is 0. The van der Waals surface area contributed by atoms with Gasteiger partial charge in [-0.15, -0.1) is 0 Å². The maximum Gasteiger partial charge on any atom is 0.287 e. The van der Waals surface area contributed by atoms with Crippen LogP contribution in [0.15, 0.2) is 18.3 Å². The fourth-order valence-corrected chi connectivity index (χ4v) is 0.840. The van der Waals surface area contributed by atoms with Crippen LogP contribution in [0.4, 0.5) is 5.69 Å². The molecule has 0 radical (unpaired) electrons. The molecule has 0 fully saturated rings. The zero-order chi connectivity index (χ0) is 9.84. The fourth-order valence-electron chi connectivity index (χ4n) is 0.840. The maximum atomic E-state index is 11.1. The normalized spacial score (nSPS) is 9.62. The number of pyridine rings is 1. The van der Waals surface area contributed by atoms with Crippen molar-refractivity contribution in [3.8, 4) is 0 Å². The summed E-state index contributed by atoms with van der Waals surface area (Å²) in [6, 6.07) is 2.64. The maximum absolute atomic E-state index is 11.1. The number of nitro groups is 1. The molecule has 0 saturated heterocycles. The molecule has 0 N–H and O–H groups in total. The Labute approximate surface area is 74.6 Å². The Morgan fingerprint density at radius 3 is 2.69 bits per heavy atom. The third-order valence-electron chi connectivity index (χ3n) is 1.57. The van der Waals surface area contributed by atoms with Gasteiger partial charge in [0.1, 0.15) is 11.9 Å². The molecular weight excluding hydrogens is 172 g/mol. The molecular formula is C8H8N2O3. The summed E-state index contributed by atoms with van der Waals surface area (Å²) in [5.41, 5.74) is 0.167. The van der Waals surface area contributed by atoms with E-state index in [4.69, 9.17) is 0 Å². The van der Waals surface area contributed by atoms with Gasteiger partial charge in [0.05, 0.1) is 4.92 Å². The average molecular weight is 180 g/mol. The van der Waals surface area contributed by atoms with Crippen LogP contribution in [0, 0.1) is 10.1 Å². The molecule has 0 bridgehead atoms. The van der Waals surface area contributed by atoms with E-state index in [1.807, 2.05) is 0 Å². The monoisotopic (exact) mass is 180 g/mol. The summed E-state index contributed by atoms with van der Waals surface area (Å²) in [5, 5.41) is 10.2. The van der Waals surface area contributed by atoms with Gasteiger partial charge >= 0.3 is 0 Å². The molecule has 1 aromatic heterocycles. The van der Waals surface area contributed by atoms with Crippen LogP contribution in [0.25, 0.3) is 0 Å². The van der Waals surface area contributed by atoms with Crippen molar-refractivity contribution in [1.29, 1.82) is 0 Å². The van der Waals surface area contributed by atoms with Crippen molar-refractivity contribution >= 4 is 11.5 Å². The van der Waals surface area contributed by atoms with Gasteiger partial charge in [-0.2, -0.15) is 0 Å². The summed E-state index contributed by atoms with van der Waals surface area (Å²) < 4.78 is 0. The van der Waals surface area contributed by atoms with Crippen molar-refractivity contribution in [2.45, 2.75) is 13.3 Å². The number of Topliss-reactive ketones (excluding diaryl/α,β-unsaturated/α-hetero) is 1. The average Bonchev–Trinajstić information content (AvgIpc) is 2.17. The molecule has 5 heteroatoms. The lowest BCUT2D eigenvalue weighted by Crippen LogP contribution is -2.00. The first-order valence-electron chi connectivity index (χ1n) is 3.78. The van der Waals surface area contributed by atoms with E-state index in [0.717, 1.165) is 6.20 Å². The van der Waals surface area contributed by atoms with E-state index >= 15 is 0 Å². The van der Waals surface area contributed by atoms with Crippen molar-refractivity contribution in [3.05, 3.63) is 34.1 Å². The predicted molar refractivity (Wildman–Crippen MR) is 45.5 cm³/mol. The first-order valence-corrected chi connectivity index (χ1v) is 3.78. The van der Waals surface area contributed by atoms with Gasteiger partial charge in [-0.05, 0) is 6.07 Å². The predicted octanol–water partition coefficient (Wildman–Crippen LogP) is 1.58. The number of nitrogens with zero attached hydrogens (tertiary/aromatic N) is 2. The van der Waals surface area contributed by atoms with Gasteiger partial charge in [-0.25, -0.2) is 4.98 Å². The molecule has 0 aromatic carbocycles. The molecule has 1 aromatic rings. The number of ketones is 1. The number of hydrogen-bond donors (Lipinski definition) is 0. The van der Waals surface area contributed by atoms with Gasteiger partial charge in [0, 0.05) is 12.5 Å². The van der Waals surface area contributed by atoms with Crippen molar-refractivity contribution < 1.29 is 9.72 Å². The summed E-state index contributed by atoms with van der Waals surface area (Å²) in [6.07, 6.45) is 1.44. The van der Waals surface area contributed by atoms with Crippen molar-refractivity contribution in [1.82, 2.24) is 4.98 Å². The lowest BCUT2D eigenvalue weighted by Gasteiger charge is -1.95. The van der Waals surface area contributed by atoms with Crippen LogP contribution in [0.3, 0.4) is 0 Å². The van der Waals surface area contributed by atoms with Crippen LogP contribution in [-0.2, 0) is 0 Å². The minimum atomic E-state index is -0.548. The lowest BCUT2D eigenvalue weighted by atomic mass is 10.2. The van der Waals surface area contributed by atoms with Gasteiger partial charge in [0.25, 0.3) is 5.69 Å². The summed E-state index contributed by atoms with van der Waals surface area (Å²) in [4.78, 5) is 24.4. The SMILES string of the molecule is CCC(=O)c1ccc([N+](=O)[O-])cn1. The van der Waals surface area contributed by atoms with E-state index < -0.39 is 4.92 Å². The van der Waals surface area contributed by atoms with E-state index in [-0.39, 0.29) is 17.2 Å². The van der Waals surface area contributed by atoms with Crippen molar-refractivity contribution in [2.75, 3.05) is 0 Å². The minimum absolute atomic E-state index is 0.104. The standard InChI is InChI=1S/C8H8N2O3/c1-2-8(11)7-4-3-6(5-9-7)10(12)13/h3-5H,2H2,1H3. The highest BCUT2D eigenvalue weighted by molar-refractivity contribution is 5.93. The minimum Gasteiger partial charge on any atom is -0.292 e. The molecule has 0 atom stereocenters. The van der Waals surface area contributed by atoms with Crippen LogP contribution < -0.4 is 0 Å². The molecule has 1 heterocycles. The number of hydrogen-bond acceptors (Lipinski definition) is 4. The Hall–Kier alpha value is -1.78. The van der Waals surface area contributed by atoms with Crippen molar-refractivity contribution in [3.63, 3.8) is 0 Å². The third kappa shape index (κ3) is 2.08. The Kier molecular flexibility index (Phi) is 2.69. The number of carbonyl (C=O) groups excluding carboxylic acids is 1. The largest absolute Gasteiger partial charge is 0.292 e. The second-order valence-corrected chi connectivity index (χ2v) is 2.44. The first kappa shape index (κ1) is 9.31. The summed E-state index contributed by atoms with van der Waals surface area (Å²) >= 11 is 0. The molecule has 0 spiro atoms. The van der Waals surface area contributed by atoms with Crippen molar-refractivity contribution in [2.24, 2.45) is 0 Å². The molecule has 0 amide bonds. The molecule has 5 nitrogen and oxygen atoms in total. The summed E-state index contributed by atoms with van der Waals surface area (Å²) in [5.74, 6) is -0.116. The highest BCUT2D eigenvalue weighted by atomic mass is 16.6. The highest BCUT2D eigenvalue weighted by Crippen LogP contribution is 2.09. The van der Waals surface area contributed by atoms with E-state index in [9.17, 15) is 14.9 Å². The second kappa shape index (κ2) is 3.75.